The number of hydrogen-bond donors (Lipinski definition) is 1. The van der Waals surface area contributed by atoms with Crippen LogP contribution in [0, 0.1) is 11.3 Å². The van der Waals surface area contributed by atoms with E-state index in [9.17, 15) is 14.9 Å². The molecule has 1 N–H and O–H groups in total. The first kappa shape index (κ1) is 21.2. The number of aryl methyl sites for hydroxylation is 1. The first-order valence-corrected chi connectivity index (χ1v) is 11.3. The number of urea groups is 1. The van der Waals surface area contributed by atoms with Gasteiger partial charge in [-0.1, -0.05) is 24.3 Å². The van der Waals surface area contributed by atoms with Gasteiger partial charge in [0.25, 0.3) is 0 Å². The molecule has 2 fully saturated rings. The van der Waals surface area contributed by atoms with Gasteiger partial charge in [0.2, 0.25) is 5.91 Å². The first-order valence-electron chi connectivity index (χ1n) is 11.3. The number of benzene rings is 2. The summed E-state index contributed by atoms with van der Waals surface area (Å²) >= 11 is 0. The van der Waals surface area contributed by atoms with E-state index in [0.29, 0.717) is 18.3 Å². The van der Waals surface area contributed by atoms with Crippen LogP contribution in [0.2, 0.25) is 0 Å². The van der Waals surface area contributed by atoms with Gasteiger partial charge in [0.1, 0.15) is 0 Å². The van der Waals surface area contributed by atoms with E-state index in [0.717, 1.165) is 54.5 Å². The van der Waals surface area contributed by atoms with Gasteiger partial charge in [-0.2, -0.15) is 10.4 Å². The van der Waals surface area contributed by atoms with Gasteiger partial charge in [-0.25, -0.2) is 4.79 Å². The number of carbonyl (C=O) groups is 2. The molecule has 0 unspecified atom stereocenters. The molecule has 0 bridgehead atoms. The summed E-state index contributed by atoms with van der Waals surface area (Å²) in [6.45, 7) is 3.12. The van der Waals surface area contributed by atoms with Crippen molar-refractivity contribution in [3.05, 3.63) is 59.2 Å². The monoisotopic (exact) mass is 442 g/mol. The molecule has 5 rings (SSSR count). The largest absolute Gasteiger partial charge is 0.329 e. The molecule has 2 saturated heterocycles. The number of aromatic nitrogens is 2. The highest BCUT2D eigenvalue weighted by Gasteiger charge is 2.28. The molecule has 3 aromatic rings. The number of carbonyl (C=O) groups excluding carboxylic acids is 2. The fraction of sp³-hybridized carbons (Fsp3) is 0.360. The van der Waals surface area contributed by atoms with Crippen LogP contribution in [0.5, 0.6) is 0 Å². The summed E-state index contributed by atoms with van der Waals surface area (Å²) in [7, 11) is 1.89. The zero-order valence-corrected chi connectivity index (χ0v) is 18.6. The van der Waals surface area contributed by atoms with E-state index in [4.69, 9.17) is 0 Å². The molecule has 0 spiro atoms. The number of imide groups is 1. The Bertz CT molecular complexity index is 1270. The number of rotatable bonds is 4. The van der Waals surface area contributed by atoms with Crippen molar-refractivity contribution >= 4 is 28.7 Å². The Morgan fingerprint density at radius 1 is 1.12 bits per heavy atom. The summed E-state index contributed by atoms with van der Waals surface area (Å²) in [6.07, 6.45) is 2.39. The zero-order chi connectivity index (χ0) is 22.9. The maximum absolute atomic E-state index is 12.3. The molecule has 0 radical (unpaired) electrons. The average molecular weight is 443 g/mol. The summed E-state index contributed by atoms with van der Waals surface area (Å²) in [6, 6.07) is 16.1. The average Bonchev–Trinajstić information content (AvgIpc) is 3.15. The van der Waals surface area contributed by atoms with Gasteiger partial charge in [0.15, 0.2) is 5.82 Å². The number of anilines is 1. The number of amides is 3. The molecule has 0 atom stereocenters. The Labute approximate surface area is 192 Å². The Morgan fingerprint density at radius 2 is 1.91 bits per heavy atom. The van der Waals surface area contributed by atoms with E-state index < -0.39 is 6.03 Å². The van der Waals surface area contributed by atoms with E-state index in [1.54, 1.807) is 4.90 Å². The smallest absolute Gasteiger partial charge is 0.299 e. The van der Waals surface area contributed by atoms with Crippen LogP contribution in [0.4, 0.5) is 10.6 Å². The summed E-state index contributed by atoms with van der Waals surface area (Å²) < 4.78 is 1.81. The molecule has 0 aliphatic carbocycles. The van der Waals surface area contributed by atoms with Crippen molar-refractivity contribution in [1.29, 1.82) is 5.26 Å². The van der Waals surface area contributed by atoms with Crippen LogP contribution >= 0.6 is 0 Å². The van der Waals surface area contributed by atoms with Crippen LogP contribution in [0.1, 0.15) is 41.9 Å². The molecule has 2 aliphatic heterocycles. The van der Waals surface area contributed by atoms with Crippen LogP contribution in [0.25, 0.3) is 10.9 Å². The quantitative estimate of drug-likeness (QED) is 0.669. The van der Waals surface area contributed by atoms with Gasteiger partial charge < -0.3 is 0 Å². The van der Waals surface area contributed by atoms with Crippen LogP contribution in [0.3, 0.4) is 0 Å². The second kappa shape index (κ2) is 8.68. The van der Waals surface area contributed by atoms with Gasteiger partial charge in [0, 0.05) is 31.9 Å². The van der Waals surface area contributed by atoms with Crippen LogP contribution in [-0.2, 0) is 18.4 Å². The first-order chi connectivity index (χ1) is 16.0. The minimum absolute atomic E-state index is 0.249. The number of fused-ring (bicyclic) bond motifs is 1. The molecule has 0 saturated carbocycles. The van der Waals surface area contributed by atoms with E-state index in [2.05, 4.69) is 33.5 Å². The Balaban J connectivity index is 1.30. The third-order valence-electron chi connectivity index (χ3n) is 6.76. The lowest BCUT2D eigenvalue weighted by molar-refractivity contribution is -0.120. The standard InChI is InChI=1S/C25H26N6O2/c1-29-22-14-18(6-7-21(22)24(28-29)31-13-10-23(32)27-25(31)33)17-8-11-30(12-9-17)16-20-5-3-2-4-19(20)15-26/h2-7,14,17H,8-13,16H2,1H3,(H,27,32,33). The molecule has 2 aliphatic rings. The van der Waals surface area contributed by atoms with Crippen molar-refractivity contribution in [1.82, 2.24) is 20.0 Å². The highest BCUT2D eigenvalue weighted by Crippen LogP contribution is 2.34. The Morgan fingerprint density at radius 3 is 2.67 bits per heavy atom. The minimum atomic E-state index is -0.416. The molecule has 168 valence electrons. The Hall–Kier alpha value is -3.70. The van der Waals surface area contributed by atoms with Crippen molar-refractivity contribution in [2.75, 3.05) is 24.5 Å². The van der Waals surface area contributed by atoms with Crippen molar-refractivity contribution in [3.8, 4) is 6.07 Å². The predicted molar refractivity (Wildman–Crippen MR) is 125 cm³/mol. The number of likely N-dealkylation sites (tertiary alicyclic amines) is 1. The van der Waals surface area contributed by atoms with E-state index in [1.165, 1.54) is 5.56 Å². The fourth-order valence-corrected chi connectivity index (χ4v) is 4.91. The molecule has 1 aromatic heterocycles. The molecular weight excluding hydrogens is 416 g/mol. The molecular formula is C25H26N6O2. The zero-order valence-electron chi connectivity index (χ0n) is 18.6. The van der Waals surface area contributed by atoms with Crippen molar-refractivity contribution < 1.29 is 9.59 Å². The topological polar surface area (TPSA) is 94.3 Å². The van der Waals surface area contributed by atoms with Crippen molar-refractivity contribution in [3.63, 3.8) is 0 Å². The number of nitrogens with one attached hydrogen (secondary N) is 1. The Kier molecular flexibility index (Phi) is 5.56. The van der Waals surface area contributed by atoms with E-state index >= 15 is 0 Å². The summed E-state index contributed by atoms with van der Waals surface area (Å²) in [5.41, 5.74) is 4.11. The molecule has 3 heterocycles. The number of nitrogens with zero attached hydrogens (tertiary/aromatic N) is 5. The number of hydrogen-bond acceptors (Lipinski definition) is 5. The van der Waals surface area contributed by atoms with Crippen LogP contribution in [0.15, 0.2) is 42.5 Å². The van der Waals surface area contributed by atoms with Gasteiger partial charge in [-0.05, 0) is 61.2 Å². The van der Waals surface area contributed by atoms with E-state index in [-0.39, 0.29) is 12.3 Å². The lowest BCUT2D eigenvalue weighted by Crippen LogP contribution is -2.49. The predicted octanol–water partition coefficient (Wildman–Crippen LogP) is 3.27. The molecule has 2 aromatic carbocycles. The molecule has 8 heteroatoms. The summed E-state index contributed by atoms with van der Waals surface area (Å²) in [5, 5.41) is 17.2. The third kappa shape index (κ3) is 4.08. The maximum atomic E-state index is 12.3. The highest BCUT2D eigenvalue weighted by atomic mass is 16.2. The maximum Gasteiger partial charge on any atom is 0.329 e. The molecule has 3 amide bonds. The molecule has 33 heavy (non-hydrogen) atoms. The van der Waals surface area contributed by atoms with Crippen LogP contribution in [-0.4, -0.2) is 46.3 Å². The van der Waals surface area contributed by atoms with Gasteiger partial charge >= 0.3 is 6.03 Å². The highest BCUT2D eigenvalue weighted by molar-refractivity contribution is 6.08. The van der Waals surface area contributed by atoms with Gasteiger partial charge in [-0.3, -0.25) is 24.6 Å². The third-order valence-corrected chi connectivity index (χ3v) is 6.76. The second-order valence-electron chi connectivity index (χ2n) is 8.80. The number of nitriles is 1. The molecule has 8 nitrogen and oxygen atoms in total. The minimum Gasteiger partial charge on any atom is -0.299 e. The SMILES string of the molecule is Cn1nc(N2CCC(=O)NC2=O)c2ccc(C3CCN(Cc4ccccc4C#N)CC3)cc21. The fourth-order valence-electron chi connectivity index (χ4n) is 4.91. The lowest BCUT2D eigenvalue weighted by Gasteiger charge is -2.32. The number of piperidine rings is 1. The lowest BCUT2D eigenvalue weighted by atomic mass is 9.88. The normalized spacial score (nSPS) is 17.9. The summed E-state index contributed by atoms with van der Waals surface area (Å²) in [5.74, 6) is 0.808. The van der Waals surface area contributed by atoms with Gasteiger partial charge in [-0.15, -0.1) is 0 Å². The second-order valence-corrected chi connectivity index (χ2v) is 8.80. The summed E-state index contributed by atoms with van der Waals surface area (Å²) in [4.78, 5) is 27.8. The van der Waals surface area contributed by atoms with Crippen molar-refractivity contribution in [2.24, 2.45) is 7.05 Å². The van der Waals surface area contributed by atoms with Gasteiger partial charge in [0.05, 0.1) is 17.1 Å². The van der Waals surface area contributed by atoms with E-state index in [1.807, 2.05) is 42.1 Å². The van der Waals surface area contributed by atoms with Crippen molar-refractivity contribution in [2.45, 2.75) is 31.7 Å². The van der Waals surface area contributed by atoms with Crippen LogP contribution < -0.4 is 10.2 Å².